The highest BCUT2D eigenvalue weighted by atomic mass is 16.3. The van der Waals surface area contributed by atoms with Crippen LogP contribution in [0.25, 0.3) is 99.5 Å². The standard InChI is InChI=1S/C45H27N3O/c1-2-12-31(13-3-1)43-46-44(34-25-23-30-22-21-29-11-6-7-15-35(29)39(30)27-34)48-45(47-43)38-18-9-19-40-41(38)37-17-8-16-36(42(37)49-40)33-24-20-28-10-4-5-14-32(28)26-33/h1-27H. The molecule has 0 atom stereocenters. The van der Waals surface area contributed by atoms with Gasteiger partial charge in [0.05, 0.1) is 0 Å². The fourth-order valence-corrected chi connectivity index (χ4v) is 7.10. The molecule has 8 aromatic carbocycles. The van der Waals surface area contributed by atoms with Crippen LogP contribution in [0.2, 0.25) is 0 Å². The fraction of sp³-hybridized carbons (Fsp3) is 0. The molecule has 4 nitrogen and oxygen atoms in total. The predicted octanol–water partition coefficient (Wildman–Crippen LogP) is 11.9. The van der Waals surface area contributed by atoms with Crippen molar-refractivity contribution in [2.24, 2.45) is 0 Å². The SMILES string of the molecule is c1ccc(-c2nc(-c3ccc4ccc5ccccc5c4c3)nc(-c3cccc4oc5c(-c6ccc7ccccc7c6)cccc5c34)n2)cc1. The fourth-order valence-electron chi connectivity index (χ4n) is 7.10. The molecule has 0 radical (unpaired) electrons. The smallest absolute Gasteiger partial charge is 0.164 e. The summed E-state index contributed by atoms with van der Waals surface area (Å²) in [5.41, 5.74) is 6.57. The summed E-state index contributed by atoms with van der Waals surface area (Å²) in [6, 6.07) is 56.9. The number of hydrogen-bond acceptors (Lipinski definition) is 4. The Morgan fingerprint density at radius 1 is 0.347 bits per heavy atom. The van der Waals surface area contributed by atoms with E-state index >= 15 is 0 Å². The van der Waals surface area contributed by atoms with Gasteiger partial charge in [-0.15, -0.1) is 0 Å². The lowest BCUT2D eigenvalue weighted by molar-refractivity contribution is 0.670. The van der Waals surface area contributed by atoms with Crippen molar-refractivity contribution in [3.8, 4) is 45.3 Å². The molecule has 0 saturated heterocycles. The Hall–Kier alpha value is -6.65. The average Bonchev–Trinajstić information content (AvgIpc) is 3.57. The summed E-state index contributed by atoms with van der Waals surface area (Å²) in [5.74, 6) is 1.85. The van der Waals surface area contributed by atoms with Crippen molar-refractivity contribution in [3.63, 3.8) is 0 Å². The first-order chi connectivity index (χ1) is 24.3. The maximum absolute atomic E-state index is 6.66. The minimum absolute atomic E-state index is 0.603. The molecule has 10 aromatic rings. The topological polar surface area (TPSA) is 51.8 Å². The molecule has 0 bridgehead atoms. The van der Waals surface area contributed by atoms with Crippen LogP contribution in [-0.4, -0.2) is 15.0 Å². The molecule has 0 aliphatic rings. The van der Waals surface area contributed by atoms with Gasteiger partial charge in [0, 0.05) is 33.0 Å². The number of aromatic nitrogens is 3. The lowest BCUT2D eigenvalue weighted by Gasteiger charge is -2.10. The van der Waals surface area contributed by atoms with E-state index in [9.17, 15) is 0 Å². The first-order valence-corrected chi connectivity index (χ1v) is 16.4. The van der Waals surface area contributed by atoms with E-state index in [4.69, 9.17) is 19.4 Å². The van der Waals surface area contributed by atoms with E-state index in [1.54, 1.807) is 0 Å². The molecule has 0 aliphatic carbocycles. The van der Waals surface area contributed by atoms with Crippen LogP contribution in [-0.2, 0) is 0 Å². The molecule has 0 saturated carbocycles. The highest BCUT2D eigenvalue weighted by Crippen LogP contribution is 2.41. The van der Waals surface area contributed by atoms with Gasteiger partial charge in [-0.25, -0.2) is 15.0 Å². The van der Waals surface area contributed by atoms with E-state index in [2.05, 4.69) is 121 Å². The van der Waals surface area contributed by atoms with E-state index in [1.165, 1.54) is 32.3 Å². The van der Waals surface area contributed by atoms with Gasteiger partial charge >= 0.3 is 0 Å². The first kappa shape index (κ1) is 27.5. The lowest BCUT2D eigenvalue weighted by Crippen LogP contribution is -2.00. The predicted molar refractivity (Wildman–Crippen MR) is 201 cm³/mol. The highest BCUT2D eigenvalue weighted by molar-refractivity contribution is 6.15. The largest absolute Gasteiger partial charge is 0.455 e. The Labute approximate surface area is 282 Å². The zero-order valence-corrected chi connectivity index (χ0v) is 26.3. The number of furan rings is 1. The van der Waals surface area contributed by atoms with Crippen LogP contribution in [0.4, 0.5) is 0 Å². The van der Waals surface area contributed by atoms with Crippen molar-refractivity contribution in [3.05, 3.63) is 164 Å². The van der Waals surface area contributed by atoms with Gasteiger partial charge in [0.2, 0.25) is 0 Å². The summed E-state index contributed by atoms with van der Waals surface area (Å²) in [4.78, 5) is 15.3. The summed E-state index contributed by atoms with van der Waals surface area (Å²) >= 11 is 0. The molecule has 2 heterocycles. The maximum Gasteiger partial charge on any atom is 0.164 e. The van der Waals surface area contributed by atoms with Crippen molar-refractivity contribution < 1.29 is 4.42 Å². The van der Waals surface area contributed by atoms with Crippen LogP contribution in [0.3, 0.4) is 0 Å². The van der Waals surface area contributed by atoms with Crippen molar-refractivity contribution in [2.75, 3.05) is 0 Å². The third-order valence-electron chi connectivity index (χ3n) is 9.50. The van der Waals surface area contributed by atoms with E-state index in [1.807, 2.05) is 42.5 Å². The maximum atomic E-state index is 6.66. The molecular formula is C45H27N3O. The van der Waals surface area contributed by atoms with Crippen LogP contribution in [0.15, 0.2) is 168 Å². The third kappa shape index (κ3) is 4.57. The molecule has 4 heteroatoms. The molecular weight excluding hydrogens is 599 g/mol. The zero-order valence-electron chi connectivity index (χ0n) is 26.3. The van der Waals surface area contributed by atoms with Crippen LogP contribution in [0, 0.1) is 0 Å². The third-order valence-corrected chi connectivity index (χ3v) is 9.50. The van der Waals surface area contributed by atoms with Crippen molar-refractivity contribution in [2.45, 2.75) is 0 Å². The highest BCUT2D eigenvalue weighted by Gasteiger charge is 2.20. The Balaban J connectivity index is 1.20. The zero-order chi connectivity index (χ0) is 32.3. The number of para-hydroxylation sites is 1. The number of hydrogen-bond donors (Lipinski definition) is 0. The van der Waals surface area contributed by atoms with E-state index in [0.717, 1.165) is 49.8 Å². The van der Waals surface area contributed by atoms with Gasteiger partial charge in [0.25, 0.3) is 0 Å². The molecule has 0 amide bonds. The van der Waals surface area contributed by atoms with Gasteiger partial charge < -0.3 is 4.42 Å². The summed E-state index contributed by atoms with van der Waals surface area (Å²) in [6.45, 7) is 0. The van der Waals surface area contributed by atoms with Gasteiger partial charge in [-0.05, 0) is 56.1 Å². The summed E-state index contributed by atoms with van der Waals surface area (Å²) in [7, 11) is 0. The van der Waals surface area contributed by atoms with Gasteiger partial charge in [0.1, 0.15) is 11.2 Å². The van der Waals surface area contributed by atoms with Gasteiger partial charge in [-0.1, -0.05) is 146 Å². The minimum atomic E-state index is 0.603. The lowest BCUT2D eigenvalue weighted by atomic mass is 9.98. The number of benzene rings is 8. The first-order valence-electron chi connectivity index (χ1n) is 16.4. The summed E-state index contributed by atoms with van der Waals surface area (Å²) in [6.07, 6.45) is 0. The van der Waals surface area contributed by atoms with Crippen molar-refractivity contribution in [1.29, 1.82) is 0 Å². The normalized spacial score (nSPS) is 11.7. The molecule has 2 aromatic heterocycles. The number of rotatable bonds is 4. The Kier molecular flexibility index (Phi) is 6.15. The molecule has 0 unspecified atom stereocenters. The molecule has 228 valence electrons. The summed E-state index contributed by atoms with van der Waals surface area (Å²) < 4.78 is 6.66. The molecule has 0 aliphatic heterocycles. The van der Waals surface area contributed by atoms with E-state index in [0.29, 0.717) is 17.5 Å². The number of nitrogens with zero attached hydrogens (tertiary/aromatic N) is 3. The van der Waals surface area contributed by atoms with E-state index in [-0.39, 0.29) is 0 Å². The molecule has 0 fully saturated rings. The van der Waals surface area contributed by atoms with Gasteiger partial charge in [-0.3, -0.25) is 0 Å². The van der Waals surface area contributed by atoms with Crippen LogP contribution in [0.5, 0.6) is 0 Å². The van der Waals surface area contributed by atoms with Gasteiger partial charge in [0.15, 0.2) is 17.5 Å². The van der Waals surface area contributed by atoms with Crippen LogP contribution < -0.4 is 0 Å². The Bertz CT molecular complexity index is 2890. The summed E-state index contributed by atoms with van der Waals surface area (Å²) in [5, 5.41) is 9.18. The second kappa shape index (κ2) is 11.0. The van der Waals surface area contributed by atoms with Crippen molar-refractivity contribution >= 4 is 54.3 Å². The second-order valence-electron chi connectivity index (χ2n) is 12.4. The molecule has 0 N–H and O–H groups in total. The monoisotopic (exact) mass is 625 g/mol. The molecule has 49 heavy (non-hydrogen) atoms. The quantitative estimate of drug-likeness (QED) is 0.183. The van der Waals surface area contributed by atoms with Gasteiger partial charge in [-0.2, -0.15) is 0 Å². The minimum Gasteiger partial charge on any atom is -0.455 e. The second-order valence-corrected chi connectivity index (χ2v) is 12.4. The Morgan fingerprint density at radius 2 is 0.959 bits per heavy atom. The average molecular weight is 626 g/mol. The Morgan fingerprint density at radius 3 is 1.84 bits per heavy atom. The number of fused-ring (bicyclic) bond motifs is 7. The van der Waals surface area contributed by atoms with Crippen LogP contribution in [0.1, 0.15) is 0 Å². The van der Waals surface area contributed by atoms with Crippen molar-refractivity contribution in [1.82, 2.24) is 15.0 Å². The van der Waals surface area contributed by atoms with Crippen LogP contribution >= 0.6 is 0 Å². The van der Waals surface area contributed by atoms with E-state index < -0.39 is 0 Å². The molecule has 10 rings (SSSR count). The molecule has 0 spiro atoms.